The van der Waals surface area contributed by atoms with Gasteiger partial charge >= 0.3 is 5.97 Å². The molecule has 2 nitrogen and oxygen atoms in total. The van der Waals surface area contributed by atoms with E-state index >= 15 is 0 Å². The van der Waals surface area contributed by atoms with Crippen molar-refractivity contribution in [3.05, 3.63) is 28.2 Å². The molecule has 1 N–H and O–H groups in total. The van der Waals surface area contributed by atoms with Crippen molar-refractivity contribution in [1.29, 1.82) is 0 Å². The van der Waals surface area contributed by atoms with Crippen molar-refractivity contribution >= 4 is 33.7 Å². The molecule has 0 aromatic heterocycles. The molecule has 0 radical (unpaired) electrons. The molecule has 0 atom stereocenters. The Kier molecular flexibility index (Phi) is 5.44. The van der Waals surface area contributed by atoms with Crippen LogP contribution in [0.1, 0.15) is 23.2 Å². The van der Waals surface area contributed by atoms with E-state index in [1.54, 1.807) is 12.1 Å². The van der Waals surface area contributed by atoms with E-state index in [1.807, 2.05) is 6.07 Å². The number of hydrogen-bond acceptors (Lipinski definition) is 2. The van der Waals surface area contributed by atoms with E-state index in [2.05, 4.69) is 21.9 Å². The molecule has 16 heavy (non-hydrogen) atoms. The first-order valence-corrected chi connectivity index (χ1v) is 6.52. The molecule has 4 heteroatoms. The van der Waals surface area contributed by atoms with E-state index in [0.29, 0.717) is 5.56 Å². The summed E-state index contributed by atoms with van der Waals surface area (Å²) in [5, 5.41) is 9.00. The molecule has 0 unspecified atom stereocenters. The third kappa shape index (κ3) is 3.92. The summed E-state index contributed by atoms with van der Waals surface area (Å²) < 4.78 is 0.886. The summed E-state index contributed by atoms with van der Waals surface area (Å²) in [6.45, 7) is 0. The standard InChI is InChI=1S/C12H11BrO2S/c1-2-3-4-7-16-11-8-9(13)5-6-10(11)12(14)15/h1,5-6,8H,3-4,7H2,(H,14,15). The number of benzene rings is 1. The van der Waals surface area contributed by atoms with Gasteiger partial charge in [0.25, 0.3) is 0 Å². The van der Waals surface area contributed by atoms with E-state index in [4.69, 9.17) is 11.5 Å². The number of carboxylic acid groups (broad SMARTS) is 1. The van der Waals surface area contributed by atoms with Gasteiger partial charge in [0, 0.05) is 15.8 Å². The van der Waals surface area contributed by atoms with E-state index in [9.17, 15) is 4.79 Å². The van der Waals surface area contributed by atoms with Crippen molar-refractivity contribution < 1.29 is 9.90 Å². The van der Waals surface area contributed by atoms with Gasteiger partial charge in [-0.3, -0.25) is 0 Å². The molecule has 0 fully saturated rings. The van der Waals surface area contributed by atoms with Gasteiger partial charge in [0.1, 0.15) is 0 Å². The van der Waals surface area contributed by atoms with Crippen LogP contribution in [0.3, 0.4) is 0 Å². The van der Waals surface area contributed by atoms with Crippen LogP contribution < -0.4 is 0 Å². The Bertz CT molecular complexity index is 424. The van der Waals surface area contributed by atoms with Crippen molar-refractivity contribution in [3.63, 3.8) is 0 Å². The van der Waals surface area contributed by atoms with Crippen LogP contribution in [0.2, 0.25) is 0 Å². The minimum Gasteiger partial charge on any atom is -0.478 e. The van der Waals surface area contributed by atoms with Crippen LogP contribution in [-0.2, 0) is 0 Å². The first-order valence-electron chi connectivity index (χ1n) is 4.74. The maximum Gasteiger partial charge on any atom is 0.336 e. The van der Waals surface area contributed by atoms with Crippen LogP contribution >= 0.6 is 27.7 Å². The van der Waals surface area contributed by atoms with Crippen molar-refractivity contribution in [2.45, 2.75) is 17.7 Å². The monoisotopic (exact) mass is 298 g/mol. The number of carbonyl (C=O) groups is 1. The molecule has 1 aromatic rings. The molecule has 1 rings (SSSR count). The summed E-state index contributed by atoms with van der Waals surface area (Å²) in [5.74, 6) is 2.50. The van der Waals surface area contributed by atoms with Gasteiger partial charge in [0.2, 0.25) is 0 Å². The first-order chi connectivity index (χ1) is 7.65. The second-order valence-electron chi connectivity index (χ2n) is 3.10. The number of terminal acetylenes is 1. The number of hydrogen-bond donors (Lipinski definition) is 1. The molecule has 0 saturated heterocycles. The number of rotatable bonds is 5. The van der Waals surface area contributed by atoms with E-state index < -0.39 is 5.97 Å². The normalized spacial score (nSPS) is 9.75. The van der Waals surface area contributed by atoms with Gasteiger partial charge in [-0.15, -0.1) is 24.1 Å². The lowest BCUT2D eigenvalue weighted by Crippen LogP contribution is -1.98. The fourth-order valence-electron chi connectivity index (χ4n) is 1.15. The lowest BCUT2D eigenvalue weighted by atomic mass is 10.2. The third-order valence-electron chi connectivity index (χ3n) is 1.90. The number of carboxylic acids is 1. The zero-order valence-corrected chi connectivity index (χ0v) is 11.0. The highest BCUT2D eigenvalue weighted by molar-refractivity contribution is 9.10. The molecule has 0 aliphatic heterocycles. The smallest absolute Gasteiger partial charge is 0.336 e. The SMILES string of the molecule is C#CCCCSc1cc(Br)ccc1C(=O)O. The highest BCUT2D eigenvalue weighted by Gasteiger charge is 2.10. The maximum absolute atomic E-state index is 11.0. The van der Waals surface area contributed by atoms with Crippen LogP contribution in [0, 0.1) is 12.3 Å². The molecule has 0 heterocycles. The van der Waals surface area contributed by atoms with Crippen molar-refractivity contribution in [2.24, 2.45) is 0 Å². The summed E-state index contributed by atoms with van der Waals surface area (Å²) in [5.41, 5.74) is 0.342. The molecular formula is C12H11BrO2S. The van der Waals surface area contributed by atoms with Gasteiger partial charge in [-0.1, -0.05) is 15.9 Å². The molecule has 1 aromatic carbocycles. The topological polar surface area (TPSA) is 37.3 Å². The Morgan fingerprint density at radius 3 is 2.94 bits per heavy atom. The molecule has 0 spiro atoms. The van der Waals surface area contributed by atoms with Crippen LogP contribution in [0.4, 0.5) is 0 Å². The van der Waals surface area contributed by atoms with Crippen LogP contribution in [0.5, 0.6) is 0 Å². The van der Waals surface area contributed by atoms with E-state index in [-0.39, 0.29) is 0 Å². The van der Waals surface area contributed by atoms with Crippen molar-refractivity contribution in [1.82, 2.24) is 0 Å². The van der Waals surface area contributed by atoms with Gasteiger partial charge in [-0.05, 0) is 30.4 Å². The zero-order chi connectivity index (χ0) is 12.0. The fraction of sp³-hybridized carbons (Fsp3) is 0.250. The predicted molar refractivity (Wildman–Crippen MR) is 69.9 cm³/mol. The van der Waals surface area contributed by atoms with Gasteiger partial charge in [-0.25, -0.2) is 4.79 Å². The number of halogens is 1. The fourth-order valence-corrected chi connectivity index (χ4v) is 2.69. The number of aromatic carboxylic acids is 1. The zero-order valence-electron chi connectivity index (χ0n) is 8.57. The van der Waals surface area contributed by atoms with Crippen molar-refractivity contribution in [2.75, 3.05) is 5.75 Å². The highest BCUT2D eigenvalue weighted by Crippen LogP contribution is 2.27. The molecule has 0 saturated carbocycles. The molecule has 0 aliphatic carbocycles. The van der Waals surface area contributed by atoms with Crippen LogP contribution in [-0.4, -0.2) is 16.8 Å². The summed E-state index contributed by atoms with van der Waals surface area (Å²) in [6.07, 6.45) is 6.77. The molecule has 0 amide bonds. The van der Waals surface area contributed by atoms with Gasteiger partial charge < -0.3 is 5.11 Å². The average Bonchev–Trinajstić information content (AvgIpc) is 2.24. The molecule has 0 bridgehead atoms. The quantitative estimate of drug-likeness (QED) is 0.512. The van der Waals surface area contributed by atoms with E-state index in [1.165, 1.54) is 11.8 Å². The summed E-state index contributed by atoms with van der Waals surface area (Å²) in [7, 11) is 0. The summed E-state index contributed by atoms with van der Waals surface area (Å²) in [6, 6.07) is 5.16. The molecule has 0 aliphatic rings. The highest BCUT2D eigenvalue weighted by atomic mass is 79.9. The predicted octanol–water partition coefficient (Wildman–Crippen LogP) is 3.65. The molecular weight excluding hydrogens is 288 g/mol. The Balaban J connectivity index is 2.73. The largest absolute Gasteiger partial charge is 0.478 e. The third-order valence-corrected chi connectivity index (χ3v) is 3.53. The minimum absolute atomic E-state index is 0.342. The number of thioether (sulfide) groups is 1. The van der Waals surface area contributed by atoms with Gasteiger partial charge in [0.15, 0.2) is 0 Å². The Morgan fingerprint density at radius 1 is 1.56 bits per heavy atom. The second kappa shape index (κ2) is 6.62. The Morgan fingerprint density at radius 2 is 2.31 bits per heavy atom. The first kappa shape index (κ1) is 13.1. The lowest BCUT2D eigenvalue weighted by molar-refractivity contribution is 0.0693. The van der Waals surface area contributed by atoms with Crippen LogP contribution in [0.25, 0.3) is 0 Å². The summed E-state index contributed by atoms with van der Waals surface area (Å²) in [4.78, 5) is 11.7. The van der Waals surface area contributed by atoms with Crippen molar-refractivity contribution in [3.8, 4) is 12.3 Å². The Hall–Kier alpha value is -0.920. The summed E-state index contributed by atoms with van der Waals surface area (Å²) >= 11 is 4.85. The van der Waals surface area contributed by atoms with Crippen LogP contribution in [0.15, 0.2) is 27.6 Å². The number of unbranched alkanes of at least 4 members (excludes halogenated alkanes) is 1. The average molecular weight is 299 g/mol. The molecule has 84 valence electrons. The van der Waals surface area contributed by atoms with Gasteiger partial charge in [-0.2, -0.15) is 0 Å². The van der Waals surface area contributed by atoms with Gasteiger partial charge in [0.05, 0.1) is 5.56 Å². The lowest BCUT2D eigenvalue weighted by Gasteiger charge is -2.05. The Labute approximate surface area is 108 Å². The second-order valence-corrected chi connectivity index (χ2v) is 5.15. The maximum atomic E-state index is 11.0. The minimum atomic E-state index is -0.896. The van der Waals surface area contributed by atoms with E-state index in [0.717, 1.165) is 28.0 Å².